The molecule has 2 aromatic carbocycles. The number of hydrogen-bond donors (Lipinski definition) is 2. The standard InChI is InChI=1S/C17H20N2O3S/c1-22-16-10-14-13(9-17(16)23(18,20)21)7-8-19-11-15(14)12-5-3-2-4-6-12/h2-6,9-10,15,19H,7-8,11H2,1H3,(H2,18,20,21). The maximum absolute atomic E-state index is 11.8. The van der Waals surface area contributed by atoms with Gasteiger partial charge >= 0.3 is 0 Å². The number of nitrogens with one attached hydrogen (secondary N) is 1. The van der Waals surface area contributed by atoms with Crippen LogP contribution in [0.25, 0.3) is 0 Å². The fourth-order valence-corrected chi connectivity index (χ4v) is 3.83. The molecule has 0 saturated heterocycles. The first kappa shape index (κ1) is 16.0. The van der Waals surface area contributed by atoms with Gasteiger partial charge in [0.25, 0.3) is 0 Å². The van der Waals surface area contributed by atoms with Crippen LogP contribution in [-0.4, -0.2) is 28.6 Å². The lowest BCUT2D eigenvalue weighted by atomic mass is 9.88. The number of benzene rings is 2. The summed E-state index contributed by atoms with van der Waals surface area (Å²) in [6.07, 6.45) is 0.755. The van der Waals surface area contributed by atoms with Crippen molar-refractivity contribution in [1.82, 2.24) is 5.32 Å². The molecule has 0 amide bonds. The smallest absolute Gasteiger partial charge is 0.241 e. The Morgan fingerprint density at radius 1 is 1.22 bits per heavy atom. The summed E-state index contributed by atoms with van der Waals surface area (Å²) in [4.78, 5) is 0.0486. The van der Waals surface area contributed by atoms with E-state index in [4.69, 9.17) is 9.88 Å². The molecule has 0 fully saturated rings. The Kier molecular flexibility index (Phi) is 4.39. The first-order chi connectivity index (χ1) is 11.0. The fourth-order valence-electron chi connectivity index (χ4n) is 3.10. The maximum Gasteiger partial charge on any atom is 0.241 e. The minimum atomic E-state index is -3.82. The van der Waals surface area contributed by atoms with Crippen molar-refractivity contribution in [2.75, 3.05) is 20.2 Å². The third-order valence-electron chi connectivity index (χ3n) is 4.23. The van der Waals surface area contributed by atoms with Crippen LogP contribution in [0.15, 0.2) is 47.4 Å². The summed E-state index contributed by atoms with van der Waals surface area (Å²) >= 11 is 0. The Bertz CT molecular complexity index is 804. The first-order valence-electron chi connectivity index (χ1n) is 7.50. The fraction of sp³-hybridized carbons (Fsp3) is 0.294. The zero-order chi connectivity index (χ0) is 16.4. The zero-order valence-corrected chi connectivity index (χ0v) is 13.8. The van der Waals surface area contributed by atoms with E-state index in [1.807, 2.05) is 24.3 Å². The van der Waals surface area contributed by atoms with Crippen molar-refractivity contribution in [2.24, 2.45) is 5.14 Å². The van der Waals surface area contributed by atoms with E-state index < -0.39 is 10.0 Å². The van der Waals surface area contributed by atoms with Gasteiger partial charge in [0.2, 0.25) is 10.0 Å². The summed E-state index contributed by atoms with van der Waals surface area (Å²) in [6, 6.07) is 13.7. The van der Waals surface area contributed by atoms with Gasteiger partial charge in [-0.05, 0) is 41.8 Å². The largest absolute Gasteiger partial charge is 0.495 e. The Labute approximate surface area is 136 Å². The van der Waals surface area contributed by atoms with Gasteiger partial charge in [-0.25, -0.2) is 13.6 Å². The lowest BCUT2D eigenvalue weighted by Gasteiger charge is -2.20. The molecule has 1 aliphatic heterocycles. The number of primary sulfonamides is 1. The molecular weight excluding hydrogens is 312 g/mol. The highest BCUT2D eigenvalue weighted by molar-refractivity contribution is 7.89. The van der Waals surface area contributed by atoms with E-state index in [9.17, 15) is 8.42 Å². The second-order valence-electron chi connectivity index (χ2n) is 5.66. The molecule has 0 saturated carbocycles. The normalized spacial score (nSPS) is 18.1. The van der Waals surface area contributed by atoms with Crippen LogP contribution in [0.1, 0.15) is 22.6 Å². The predicted octanol–water partition coefficient (Wildman–Crippen LogP) is 1.62. The van der Waals surface area contributed by atoms with Crippen molar-refractivity contribution in [1.29, 1.82) is 0 Å². The predicted molar refractivity (Wildman–Crippen MR) is 89.2 cm³/mol. The molecule has 3 rings (SSSR count). The van der Waals surface area contributed by atoms with Gasteiger partial charge in [-0.15, -0.1) is 0 Å². The molecule has 0 aromatic heterocycles. The number of nitrogens with two attached hydrogens (primary N) is 1. The van der Waals surface area contributed by atoms with Gasteiger partial charge in [0.1, 0.15) is 10.6 Å². The van der Waals surface area contributed by atoms with Crippen molar-refractivity contribution in [3.05, 3.63) is 59.2 Å². The number of methoxy groups -OCH3 is 1. The van der Waals surface area contributed by atoms with Crippen LogP contribution in [0.2, 0.25) is 0 Å². The lowest BCUT2D eigenvalue weighted by Crippen LogP contribution is -2.20. The van der Waals surface area contributed by atoms with E-state index >= 15 is 0 Å². The van der Waals surface area contributed by atoms with Crippen molar-refractivity contribution < 1.29 is 13.2 Å². The Morgan fingerprint density at radius 3 is 2.61 bits per heavy atom. The van der Waals surface area contributed by atoms with E-state index in [-0.39, 0.29) is 10.8 Å². The summed E-state index contributed by atoms with van der Waals surface area (Å²) in [5.74, 6) is 0.450. The molecule has 2 aromatic rings. The first-order valence-corrected chi connectivity index (χ1v) is 9.04. The summed E-state index contributed by atoms with van der Waals surface area (Å²) in [5.41, 5.74) is 3.27. The number of rotatable bonds is 3. The quantitative estimate of drug-likeness (QED) is 0.895. The number of ether oxygens (including phenoxy) is 1. The summed E-state index contributed by atoms with van der Waals surface area (Å²) in [5, 5.41) is 8.74. The lowest BCUT2D eigenvalue weighted by molar-refractivity contribution is 0.401. The van der Waals surface area contributed by atoms with Gasteiger partial charge in [-0.3, -0.25) is 0 Å². The van der Waals surface area contributed by atoms with Crippen LogP contribution < -0.4 is 15.2 Å². The molecule has 0 aliphatic carbocycles. The van der Waals surface area contributed by atoms with E-state index in [0.717, 1.165) is 30.6 Å². The topological polar surface area (TPSA) is 81.4 Å². The van der Waals surface area contributed by atoms with Crippen LogP contribution in [-0.2, 0) is 16.4 Å². The van der Waals surface area contributed by atoms with Crippen LogP contribution in [0.3, 0.4) is 0 Å². The Morgan fingerprint density at radius 2 is 1.96 bits per heavy atom. The molecule has 5 nitrogen and oxygen atoms in total. The summed E-state index contributed by atoms with van der Waals surface area (Å²) < 4.78 is 28.9. The molecule has 1 unspecified atom stereocenters. The molecule has 0 spiro atoms. The summed E-state index contributed by atoms with van der Waals surface area (Å²) in [7, 11) is -2.36. The minimum Gasteiger partial charge on any atom is -0.495 e. The third kappa shape index (κ3) is 3.24. The third-order valence-corrected chi connectivity index (χ3v) is 5.16. The van der Waals surface area contributed by atoms with Crippen molar-refractivity contribution in [3.8, 4) is 5.75 Å². The van der Waals surface area contributed by atoms with Gasteiger partial charge in [0.05, 0.1) is 7.11 Å². The molecule has 1 heterocycles. The van der Waals surface area contributed by atoms with E-state index in [0.29, 0.717) is 5.75 Å². The minimum absolute atomic E-state index is 0.0486. The molecule has 0 bridgehead atoms. The summed E-state index contributed by atoms with van der Waals surface area (Å²) in [6.45, 7) is 1.60. The van der Waals surface area contributed by atoms with Gasteiger partial charge < -0.3 is 10.1 Å². The zero-order valence-electron chi connectivity index (χ0n) is 13.0. The Hall–Kier alpha value is -1.89. The molecule has 23 heavy (non-hydrogen) atoms. The molecule has 3 N–H and O–H groups in total. The van der Waals surface area contributed by atoms with Crippen LogP contribution in [0, 0.1) is 0 Å². The Balaban J connectivity index is 2.18. The van der Waals surface area contributed by atoms with Gasteiger partial charge in [0, 0.05) is 12.5 Å². The number of fused-ring (bicyclic) bond motifs is 1. The van der Waals surface area contributed by atoms with Crippen molar-refractivity contribution in [3.63, 3.8) is 0 Å². The van der Waals surface area contributed by atoms with Gasteiger partial charge in [-0.2, -0.15) is 0 Å². The second kappa shape index (κ2) is 6.31. The van der Waals surface area contributed by atoms with Crippen molar-refractivity contribution >= 4 is 10.0 Å². The van der Waals surface area contributed by atoms with Gasteiger partial charge in [0.15, 0.2) is 0 Å². The van der Waals surface area contributed by atoms with Crippen LogP contribution in [0.4, 0.5) is 0 Å². The van der Waals surface area contributed by atoms with E-state index in [1.165, 1.54) is 12.7 Å². The highest BCUT2D eigenvalue weighted by atomic mass is 32.2. The molecular formula is C17H20N2O3S. The molecule has 1 atom stereocenters. The highest BCUT2D eigenvalue weighted by Crippen LogP contribution is 2.35. The molecule has 1 aliphatic rings. The van der Waals surface area contributed by atoms with E-state index in [1.54, 1.807) is 6.07 Å². The van der Waals surface area contributed by atoms with Crippen molar-refractivity contribution in [2.45, 2.75) is 17.2 Å². The molecule has 6 heteroatoms. The average molecular weight is 332 g/mol. The maximum atomic E-state index is 11.8. The highest BCUT2D eigenvalue weighted by Gasteiger charge is 2.25. The van der Waals surface area contributed by atoms with Crippen LogP contribution >= 0.6 is 0 Å². The van der Waals surface area contributed by atoms with Gasteiger partial charge in [-0.1, -0.05) is 30.3 Å². The number of sulfonamides is 1. The molecule has 0 radical (unpaired) electrons. The average Bonchev–Trinajstić information content (AvgIpc) is 2.75. The van der Waals surface area contributed by atoms with Crippen LogP contribution in [0.5, 0.6) is 5.75 Å². The molecule has 122 valence electrons. The van der Waals surface area contributed by atoms with E-state index in [2.05, 4.69) is 17.4 Å². The SMILES string of the molecule is COc1cc2c(cc1S(N)(=O)=O)CCNCC2c1ccccc1. The monoisotopic (exact) mass is 332 g/mol. The number of hydrogen-bond acceptors (Lipinski definition) is 4. The second-order valence-corrected chi connectivity index (χ2v) is 7.19.